The third kappa shape index (κ3) is 4.28. The topological polar surface area (TPSA) is 51.2 Å². The second kappa shape index (κ2) is 6.24. The van der Waals surface area contributed by atoms with Gasteiger partial charge in [-0.2, -0.15) is 0 Å². The molecule has 0 saturated heterocycles. The SMILES string of the molecule is CS(=O)(=O)c1ccc(C(=O)C=Cc2cccc(Cl)c2)cc1. The van der Waals surface area contributed by atoms with Gasteiger partial charge in [-0.05, 0) is 48.0 Å². The van der Waals surface area contributed by atoms with Crippen LogP contribution in [0.25, 0.3) is 6.08 Å². The summed E-state index contributed by atoms with van der Waals surface area (Å²) in [5.74, 6) is -0.199. The third-order valence-electron chi connectivity index (χ3n) is 2.84. The maximum Gasteiger partial charge on any atom is 0.185 e. The average molecular weight is 321 g/mol. The van der Waals surface area contributed by atoms with E-state index in [1.54, 1.807) is 24.3 Å². The number of benzene rings is 2. The van der Waals surface area contributed by atoms with Crippen molar-refractivity contribution in [1.82, 2.24) is 0 Å². The molecule has 0 aliphatic carbocycles. The van der Waals surface area contributed by atoms with E-state index in [0.717, 1.165) is 11.8 Å². The van der Waals surface area contributed by atoms with Crippen molar-refractivity contribution in [3.05, 3.63) is 70.8 Å². The smallest absolute Gasteiger partial charge is 0.185 e. The number of halogens is 1. The first-order chi connectivity index (χ1) is 9.86. The minimum absolute atomic E-state index is 0.192. The van der Waals surface area contributed by atoms with Crippen LogP contribution in [0, 0.1) is 0 Å². The number of rotatable bonds is 4. The molecule has 0 fully saturated rings. The van der Waals surface area contributed by atoms with Crippen molar-refractivity contribution in [2.45, 2.75) is 4.90 Å². The summed E-state index contributed by atoms with van der Waals surface area (Å²) in [6.07, 6.45) is 4.22. The van der Waals surface area contributed by atoms with Gasteiger partial charge < -0.3 is 0 Å². The number of ketones is 1. The molecule has 0 spiro atoms. The van der Waals surface area contributed by atoms with Crippen LogP contribution in [0.1, 0.15) is 15.9 Å². The summed E-state index contributed by atoms with van der Waals surface area (Å²) >= 11 is 5.86. The van der Waals surface area contributed by atoms with Gasteiger partial charge in [-0.3, -0.25) is 4.79 Å². The first-order valence-electron chi connectivity index (χ1n) is 6.14. The highest BCUT2D eigenvalue weighted by Crippen LogP contribution is 2.14. The lowest BCUT2D eigenvalue weighted by Crippen LogP contribution is -1.99. The molecule has 0 unspecified atom stereocenters. The van der Waals surface area contributed by atoms with Crippen molar-refractivity contribution < 1.29 is 13.2 Å². The Hall–Kier alpha value is -1.91. The summed E-state index contributed by atoms with van der Waals surface area (Å²) < 4.78 is 22.7. The fourth-order valence-corrected chi connectivity index (χ4v) is 2.57. The highest BCUT2D eigenvalue weighted by molar-refractivity contribution is 7.90. The number of sulfone groups is 1. The number of allylic oxidation sites excluding steroid dienone is 1. The Morgan fingerprint density at radius 3 is 2.33 bits per heavy atom. The summed E-state index contributed by atoms with van der Waals surface area (Å²) in [6.45, 7) is 0. The molecule has 0 atom stereocenters. The monoisotopic (exact) mass is 320 g/mol. The Balaban J connectivity index is 2.17. The van der Waals surface area contributed by atoms with Gasteiger partial charge in [0.2, 0.25) is 0 Å². The molecule has 2 aromatic carbocycles. The molecule has 0 N–H and O–H groups in total. The number of carbonyl (C=O) groups excluding carboxylic acids is 1. The van der Waals surface area contributed by atoms with E-state index in [1.165, 1.54) is 30.3 Å². The largest absolute Gasteiger partial charge is 0.289 e. The zero-order valence-corrected chi connectivity index (χ0v) is 12.9. The van der Waals surface area contributed by atoms with E-state index in [9.17, 15) is 13.2 Å². The van der Waals surface area contributed by atoms with Gasteiger partial charge in [0.15, 0.2) is 15.6 Å². The molecule has 21 heavy (non-hydrogen) atoms. The van der Waals surface area contributed by atoms with E-state index in [1.807, 2.05) is 6.07 Å². The molecule has 0 heterocycles. The van der Waals surface area contributed by atoms with Gasteiger partial charge in [-0.1, -0.05) is 29.8 Å². The Morgan fingerprint density at radius 1 is 1.10 bits per heavy atom. The van der Waals surface area contributed by atoms with Crippen LogP contribution in [0.3, 0.4) is 0 Å². The molecule has 0 amide bonds. The lowest BCUT2D eigenvalue weighted by molar-refractivity contribution is 0.104. The minimum atomic E-state index is -3.25. The Bertz CT molecular complexity index is 791. The summed E-state index contributed by atoms with van der Waals surface area (Å²) in [7, 11) is -3.25. The lowest BCUT2D eigenvalue weighted by atomic mass is 10.1. The van der Waals surface area contributed by atoms with Gasteiger partial charge in [0.05, 0.1) is 4.90 Å². The molecule has 108 valence electrons. The van der Waals surface area contributed by atoms with Crippen LogP contribution in [0.2, 0.25) is 5.02 Å². The zero-order valence-electron chi connectivity index (χ0n) is 11.3. The van der Waals surface area contributed by atoms with E-state index in [4.69, 9.17) is 11.6 Å². The van der Waals surface area contributed by atoms with Crippen molar-refractivity contribution in [1.29, 1.82) is 0 Å². The van der Waals surface area contributed by atoms with Crippen LogP contribution < -0.4 is 0 Å². The fraction of sp³-hybridized carbons (Fsp3) is 0.0625. The Morgan fingerprint density at radius 2 is 1.76 bits per heavy atom. The second-order valence-electron chi connectivity index (χ2n) is 4.55. The third-order valence-corrected chi connectivity index (χ3v) is 4.21. The maximum atomic E-state index is 12.0. The van der Waals surface area contributed by atoms with Gasteiger partial charge in [-0.25, -0.2) is 8.42 Å². The molecule has 0 radical (unpaired) electrons. The second-order valence-corrected chi connectivity index (χ2v) is 7.00. The van der Waals surface area contributed by atoms with E-state index in [2.05, 4.69) is 0 Å². The predicted octanol–water partition coefficient (Wildman–Crippen LogP) is 3.64. The molecule has 2 rings (SSSR count). The van der Waals surface area contributed by atoms with E-state index in [-0.39, 0.29) is 10.7 Å². The van der Waals surface area contributed by atoms with E-state index in [0.29, 0.717) is 10.6 Å². The molecule has 0 aromatic heterocycles. The summed E-state index contributed by atoms with van der Waals surface area (Å²) in [6, 6.07) is 13.0. The quantitative estimate of drug-likeness (QED) is 0.638. The van der Waals surface area contributed by atoms with Crippen LogP contribution in [0.5, 0.6) is 0 Å². The van der Waals surface area contributed by atoms with Crippen LogP contribution in [-0.2, 0) is 9.84 Å². The molecule has 0 aliphatic heterocycles. The summed E-state index contributed by atoms with van der Waals surface area (Å²) in [5, 5.41) is 0.599. The van der Waals surface area contributed by atoms with Crippen LogP contribution >= 0.6 is 11.6 Å². The first-order valence-corrected chi connectivity index (χ1v) is 8.41. The van der Waals surface area contributed by atoms with Crippen LogP contribution in [0.15, 0.2) is 59.5 Å². The van der Waals surface area contributed by atoms with Crippen LogP contribution in [-0.4, -0.2) is 20.5 Å². The van der Waals surface area contributed by atoms with E-state index >= 15 is 0 Å². The van der Waals surface area contributed by atoms with Gasteiger partial charge >= 0.3 is 0 Å². The molecule has 0 aliphatic rings. The van der Waals surface area contributed by atoms with Crippen molar-refractivity contribution >= 4 is 33.3 Å². The normalized spacial score (nSPS) is 11.7. The zero-order chi connectivity index (χ0) is 15.5. The minimum Gasteiger partial charge on any atom is -0.289 e. The maximum absolute atomic E-state index is 12.0. The molecular formula is C16H13ClO3S. The van der Waals surface area contributed by atoms with Crippen molar-refractivity contribution in [3.63, 3.8) is 0 Å². The highest BCUT2D eigenvalue weighted by Gasteiger charge is 2.08. The Labute approximate surface area is 128 Å². The van der Waals surface area contributed by atoms with Crippen molar-refractivity contribution in [3.8, 4) is 0 Å². The summed E-state index contributed by atoms with van der Waals surface area (Å²) in [4.78, 5) is 12.2. The predicted molar refractivity (Wildman–Crippen MR) is 84.4 cm³/mol. The number of carbonyl (C=O) groups is 1. The van der Waals surface area contributed by atoms with Crippen molar-refractivity contribution in [2.75, 3.05) is 6.26 Å². The molecule has 5 heteroatoms. The fourth-order valence-electron chi connectivity index (χ4n) is 1.74. The number of hydrogen-bond donors (Lipinski definition) is 0. The summed E-state index contributed by atoms with van der Waals surface area (Å²) in [5.41, 5.74) is 1.25. The molecule has 3 nitrogen and oxygen atoms in total. The standard InChI is InChI=1S/C16H13ClO3S/c1-21(19,20)15-8-6-13(7-9-15)16(18)10-5-12-3-2-4-14(17)11-12/h2-11H,1H3. The Kier molecular flexibility index (Phi) is 4.60. The first kappa shape index (κ1) is 15.5. The van der Waals surface area contributed by atoms with Gasteiger partial charge in [0, 0.05) is 16.8 Å². The van der Waals surface area contributed by atoms with Gasteiger partial charge in [0.25, 0.3) is 0 Å². The highest BCUT2D eigenvalue weighted by atomic mass is 35.5. The van der Waals surface area contributed by atoms with E-state index < -0.39 is 9.84 Å². The molecule has 2 aromatic rings. The van der Waals surface area contributed by atoms with Crippen molar-refractivity contribution in [2.24, 2.45) is 0 Å². The molecule has 0 bridgehead atoms. The lowest BCUT2D eigenvalue weighted by Gasteiger charge is -2.00. The number of hydrogen-bond acceptors (Lipinski definition) is 3. The average Bonchev–Trinajstić information content (AvgIpc) is 2.44. The van der Waals surface area contributed by atoms with Gasteiger partial charge in [-0.15, -0.1) is 0 Å². The van der Waals surface area contributed by atoms with Crippen LogP contribution in [0.4, 0.5) is 0 Å². The van der Waals surface area contributed by atoms with Gasteiger partial charge in [0.1, 0.15) is 0 Å². The molecular weight excluding hydrogens is 308 g/mol. The molecule has 0 saturated carbocycles.